The van der Waals surface area contributed by atoms with Crippen LogP contribution in [-0.4, -0.2) is 37.8 Å². The van der Waals surface area contributed by atoms with Crippen molar-refractivity contribution >= 4 is 23.0 Å². The number of halogens is 2. The minimum absolute atomic E-state index is 0.00559. The van der Waals surface area contributed by atoms with Crippen LogP contribution >= 0.6 is 12.2 Å². The Balaban J connectivity index is 2.04. The summed E-state index contributed by atoms with van der Waals surface area (Å²) >= 11 is 5.21. The van der Waals surface area contributed by atoms with E-state index in [1.807, 2.05) is 43.3 Å². The van der Waals surface area contributed by atoms with E-state index in [0.29, 0.717) is 6.54 Å². The molecule has 0 aliphatic heterocycles. The number of nitrogens with zero attached hydrogens (tertiary/aromatic N) is 1. The van der Waals surface area contributed by atoms with E-state index < -0.39 is 11.6 Å². The SMILES string of the molecule is COc1ccccc1[C@H](CNC(=S)Nc1ccc(F)cc1F)N(C)C. The maximum atomic E-state index is 13.7. The van der Waals surface area contributed by atoms with Gasteiger partial charge in [-0.05, 0) is 44.5 Å². The first-order valence-electron chi connectivity index (χ1n) is 7.71. The minimum Gasteiger partial charge on any atom is -0.496 e. The molecule has 0 saturated heterocycles. The molecule has 0 aromatic heterocycles. The summed E-state index contributed by atoms with van der Waals surface area (Å²) < 4.78 is 32.1. The van der Waals surface area contributed by atoms with Crippen molar-refractivity contribution in [1.29, 1.82) is 0 Å². The highest BCUT2D eigenvalue weighted by Crippen LogP contribution is 2.27. The van der Waals surface area contributed by atoms with Crippen LogP contribution < -0.4 is 15.4 Å². The number of anilines is 1. The van der Waals surface area contributed by atoms with E-state index in [2.05, 4.69) is 10.6 Å². The van der Waals surface area contributed by atoms with Crippen LogP contribution in [0.3, 0.4) is 0 Å². The van der Waals surface area contributed by atoms with Gasteiger partial charge in [0, 0.05) is 18.2 Å². The molecular weight excluding hydrogens is 344 g/mol. The van der Waals surface area contributed by atoms with E-state index in [1.165, 1.54) is 12.1 Å². The summed E-state index contributed by atoms with van der Waals surface area (Å²) in [5, 5.41) is 6.06. The first kappa shape index (κ1) is 19.1. The predicted molar refractivity (Wildman–Crippen MR) is 100 cm³/mol. The van der Waals surface area contributed by atoms with E-state index in [0.717, 1.165) is 17.4 Å². The second-order valence-electron chi connectivity index (χ2n) is 5.68. The van der Waals surface area contributed by atoms with Crippen molar-refractivity contribution in [2.24, 2.45) is 0 Å². The molecule has 0 unspecified atom stereocenters. The summed E-state index contributed by atoms with van der Waals surface area (Å²) in [6.07, 6.45) is 0. The lowest BCUT2D eigenvalue weighted by atomic mass is 10.0. The molecule has 0 radical (unpaired) electrons. The summed E-state index contributed by atoms with van der Waals surface area (Å²) in [7, 11) is 5.53. The Morgan fingerprint density at radius 3 is 2.56 bits per heavy atom. The van der Waals surface area contributed by atoms with Gasteiger partial charge >= 0.3 is 0 Å². The molecule has 2 rings (SSSR count). The molecule has 0 bridgehead atoms. The van der Waals surface area contributed by atoms with E-state index in [-0.39, 0.29) is 16.8 Å². The number of para-hydroxylation sites is 1. The van der Waals surface area contributed by atoms with E-state index in [1.54, 1.807) is 7.11 Å². The van der Waals surface area contributed by atoms with Crippen molar-refractivity contribution in [1.82, 2.24) is 10.2 Å². The van der Waals surface area contributed by atoms with Gasteiger partial charge in [0.05, 0.1) is 18.8 Å². The van der Waals surface area contributed by atoms with Crippen molar-refractivity contribution < 1.29 is 13.5 Å². The van der Waals surface area contributed by atoms with Crippen LogP contribution in [0.15, 0.2) is 42.5 Å². The lowest BCUT2D eigenvalue weighted by molar-refractivity contribution is 0.288. The molecule has 0 aliphatic carbocycles. The minimum atomic E-state index is -0.696. The third-order valence-corrected chi connectivity index (χ3v) is 4.00. The van der Waals surface area contributed by atoms with Gasteiger partial charge in [-0.3, -0.25) is 0 Å². The van der Waals surface area contributed by atoms with Gasteiger partial charge < -0.3 is 20.3 Å². The third-order valence-electron chi connectivity index (χ3n) is 3.76. The predicted octanol–water partition coefficient (Wildman–Crippen LogP) is 3.56. The summed E-state index contributed by atoms with van der Waals surface area (Å²) in [6.45, 7) is 0.488. The Morgan fingerprint density at radius 1 is 1.20 bits per heavy atom. The normalized spacial score (nSPS) is 11.9. The fourth-order valence-electron chi connectivity index (χ4n) is 2.46. The molecule has 4 nitrogen and oxygen atoms in total. The highest BCUT2D eigenvalue weighted by Gasteiger charge is 2.18. The molecule has 1 atom stereocenters. The molecule has 25 heavy (non-hydrogen) atoms. The number of likely N-dealkylation sites (N-methyl/N-ethyl adjacent to an activating group) is 1. The largest absolute Gasteiger partial charge is 0.496 e. The van der Waals surface area contributed by atoms with Gasteiger partial charge in [0.25, 0.3) is 0 Å². The summed E-state index contributed by atoms with van der Waals surface area (Å²) in [5.41, 5.74) is 1.14. The van der Waals surface area contributed by atoms with Crippen LogP contribution in [0.25, 0.3) is 0 Å². The number of ether oxygens (including phenoxy) is 1. The average molecular weight is 365 g/mol. The average Bonchev–Trinajstić information content (AvgIpc) is 2.57. The number of hydrogen-bond acceptors (Lipinski definition) is 3. The zero-order chi connectivity index (χ0) is 18.4. The Bertz CT molecular complexity index is 740. The van der Waals surface area contributed by atoms with E-state index >= 15 is 0 Å². The summed E-state index contributed by atoms with van der Waals surface area (Å²) in [6, 6.07) is 11.0. The number of hydrogen-bond donors (Lipinski definition) is 2. The van der Waals surface area contributed by atoms with Gasteiger partial charge in [-0.2, -0.15) is 0 Å². The van der Waals surface area contributed by atoms with Crippen LogP contribution in [0.5, 0.6) is 5.75 Å². The third kappa shape index (κ3) is 5.11. The molecule has 0 heterocycles. The van der Waals surface area contributed by atoms with Gasteiger partial charge in [0.15, 0.2) is 5.11 Å². The molecule has 7 heteroatoms. The molecule has 0 amide bonds. The zero-order valence-electron chi connectivity index (χ0n) is 14.3. The molecule has 0 fully saturated rings. The van der Waals surface area contributed by atoms with E-state index in [9.17, 15) is 8.78 Å². The quantitative estimate of drug-likeness (QED) is 0.766. The fourth-order valence-corrected chi connectivity index (χ4v) is 2.65. The van der Waals surface area contributed by atoms with E-state index in [4.69, 9.17) is 17.0 Å². The number of benzene rings is 2. The summed E-state index contributed by atoms with van der Waals surface area (Å²) in [5.74, 6) is -0.546. The molecule has 0 saturated carbocycles. The van der Waals surface area contributed by atoms with Crippen molar-refractivity contribution in [2.75, 3.05) is 33.1 Å². The van der Waals surface area contributed by atoms with Crippen LogP contribution in [0.2, 0.25) is 0 Å². The van der Waals surface area contributed by atoms with Gasteiger partial charge in [0.2, 0.25) is 0 Å². The summed E-state index contributed by atoms with van der Waals surface area (Å²) in [4.78, 5) is 2.03. The molecule has 134 valence electrons. The van der Waals surface area contributed by atoms with Crippen molar-refractivity contribution in [3.05, 3.63) is 59.7 Å². The number of methoxy groups -OCH3 is 1. The molecule has 0 aliphatic rings. The number of nitrogens with one attached hydrogen (secondary N) is 2. The maximum Gasteiger partial charge on any atom is 0.170 e. The highest BCUT2D eigenvalue weighted by atomic mass is 32.1. The Hall–Kier alpha value is -2.25. The number of thiocarbonyl (C=S) groups is 1. The molecule has 0 spiro atoms. The van der Waals surface area contributed by atoms with Gasteiger partial charge in [-0.1, -0.05) is 18.2 Å². The second-order valence-corrected chi connectivity index (χ2v) is 6.09. The first-order chi connectivity index (χ1) is 11.9. The lowest BCUT2D eigenvalue weighted by Gasteiger charge is -2.27. The van der Waals surface area contributed by atoms with Crippen molar-refractivity contribution in [3.63, 3.8) is 0 Å². The standard InChI is InChI=1S/C18H21F2N3OS/c1-23(2)16(13-6-4-5-7-17(13)24-3)11-21-18(25)22-15-9-8-12(19)10-14(15)20/h4-10,16H,11H2,1-3H3,(H2,21,22,25)/t16-/m0/s1. The van der Waals surface area contributed by atoms with Crippen LogP contribution in [0.1, 0.15) is 11.6 Å². The Labute approximate surface area is 151 Å². The second kappa shape index (κ2) is 8.73. The van der Waals surface area contributed by atoms with Gasteiger partial charge in [-0.25, -0.2) is 8.78 Å². The monoisotopic (exact) mass is 365 g/mol. The molecule has 2 aromatic carbocycles. The van der Waals surface area contributed by atoms with Crippen LogP contribution in [-0.2, 0) is 0 Å². The van der Waals surface area contributed by atoms with Crippen LogP contribution in [0, 0.1) is 11.6 Å². The van der Waals surface area contributed by atoms with Crippen LogP contribution in [0.4, 0.5) is 14.5 Å². The maximum absolute atomic E-state index is 13.7. The first-order valence-corrected chi connectivity index (χ1v) is 8.12. The zero-order valence-corrected chi connectivity index (χ0v) is 15.2. The Kier molecular flexibility index (Phi) is 6.66. The lowest BCUT2D eigenvalue weighted by Crippen LogP contribution is -2.37. The molecular formula is C18H21F2N3OS. The molecule has 2 N–H and O–H groups in total. The topological polar surface area (TPSA) is 36.5 Å². The number of rotatable bonds is 6. The van der Waals surface area contributed by atoms with Crippen molar-refractivity contribution in [3.8, 4) is 5.75 Å². The van der Waals surface area contributed by atoms with Gasteiger partial charge in [-0.15, -0.1) is 0 Å². The van der Waals surface area contributed by atoms with Crippen molar-refractivity contribution in [2.45, 2.75) is 6.04 Å². The molecule has 2 aromatic rings. The van der Waals surface area contributed by atoms with Gasteiger partial charge in [0.1, 0.15) is 17.4 Å². The highest BCUT2D eigenvalue weighted by molar-refractivity contribution is 7.80. The fraction of sp³-hybridized carbons (Fsp3) is 0.278. The Morgan fingerprint density at radius 2 is 1.92 bits per heavy atom. The smallest absolute Gasteiger partial charge is 0.170 e.